The summed E-state index contributed by atoms with van der Waals surface area (Å²) in [7, 11) is 0. The van der Waals surface area contributed by atoms with Gasteiger partial charge in [0.2, 0.25) is 0 Å². The van der Waals surface area contributed by atoms with Gasteiger partial charge in [0.05, 0.1) is 0 Å². The van der Waals surface area contributed by atoms with Crippen LogP contribution < -0.4 is 15.4 Å². The molecule has 0 radical (unpaired) electrons. The van der Waals surface area contributed by atoms with Gasteiger partial charge in [-0.25, -0.2) is 0 Å². The Morgan fingerprint density at radius 1 is 1.14 bits per heavy atom. The van der Waals surface area contributed by atoms with E-state index < -0.39 is 12.8 Å². The van der Waals surface area contributed by atoms with E-state index in [1.165, 1.54) is 24.3 Å². The molecule has 0 aliphatic rings. The zero-order chi connectivity index (χ0) is 15.7. The number of halogens is 4. The van der Waals surface area contributed by atoms with E-state index in [4.69, 9.17) is 0 Å². The number of ether oxygens (including phenoxy) is 1. The van der Waals surface area contributed by atoms with Gasteiger partial charge in [-0.15, -0.1) is 12.4 Å². The number of hydrogen-bond acceptors (Lipinski definition) is 3. The summed E-state index contributed by atoms with van der Waals surface area (Å²) in [5.74, 6) is -0.191. The molecule has 0 fully saturated rings. The Labute approximate surface area is 133 Å². The Bertz CT molecular complexity index is 439. The second-order valence-electron chi connectivity index (χ2n) is 4.43. The molecule has 0 saturated heterocycles. The highest BCUT2D eigenvalue weighted by molar-refractivity contribution is 5.94. The van der Waals surface area contributed by atoms with Gasteiger partial charge in [0, 0.05) is 18.7 Å². The van der Waals surface area contributed by atoms with Gasteiger partial charge in [0.25, 0.3) is 5.91 Å². The second-order valence-corrected chi connectivity index (χ2v) is 4.43. The highest BCUT2D eigenvalue weighted by Gasteiger charge is 2.28. The monoisotopic (exact) mass is 340 g/mol. The van der Waals surface area contributed by atoms with E-state index in [1.54, 1.807) is 0 Å². The maximum absolute atomic E-state index is 12.0. The number of benzene rings is 1. The van der Waals surface area contributed by atoms with Crippen LogP contribution in [0.3, 0.4) is 0 Å². The van der Waals surface area contributed by atoms with Gasteiger partial charge >= 0.3 is 6.18 Å². The Balaban J connectivity index is 0.00000441. The van der Waals surface area contributed by atoms with Crippen molar-refractivity contribution in [2.24, 2.45) is 0 Å². The van der Waals surface area contributed by atoms with Crippen molar-refractivity contribution in [1.29, 1.82) is 0 Å². The van der Waals surface area contributed by atoms with E-state index in [2.05, 4.69) is 15.4 Å². The third kappa shape index (κ3) is 8.74. The summed E-state index contributed by atoms with van der Waals surface area (Å²) < 4.78 is 40.5. The standard InChI is InChI=1S/C14H19F3N2O2.ClH/c1-2-7-18-8-9-19-13(20)11-3-5-12(6-4-11)21-10-14(15,16)17;/h3-6,18H,2,7-10H2,1H3,(H,19,20);1H. The zero-order valence-corrected chi connectivity index (χ0v) is 13.0. The van der Waals surface area contributed by atoms with E-state index in [0.717, 1.165) is 13.0 Å². The lowest BCUT2D eigenvalue weighted by molar-refractivity contribution is -0.153. The van der Waals surface area contributed by atoms with Crippen LogP contribution in [-0.4, -0.2) is 38.3 Å². The van der Waals surface area contributed by atoms with E-state index in [1.807, 2.05) is 6.92 Å². The van der Waals surface area contributed by atoms with Crippen molar-refractivity contribution in [3.8, 4) is 5.75 Å². The van der Waals surface area contributed by atoms with E-state index in [-0.39, 0.29) is 24.1 Å². The van der Waals surface area contributed by atoms with Crippen molar-refractivity contribution in [1.82, 2.24) is 10.6 Å². The van der Waals surface area contributed by atoms with Gasteiger partial charge in [-0.3, -0.25) is 4.79 Å². The Morgan fingerprint density at radius 2 is 1.77 bits per heavy atom. The van der Waals surface area contributed by atoms with E-state index in [9.17, 15) is 18.0 Å². The molecule has 1 aromatic rings. The fourth-order valence-corrected chi connectivity index (χ4v) is 1.54. The Hall–Kier alpha value is -1.47. The fourth-order valence-electron chi connectivity index (χ4n) is 1.54. The maximum Gasteiger partial charge on any atom is 0.422 e. The first-order valence-corrected chi connectivity index (χ1v) is 6.71. The summed E-state index contributed by atoms with van der Waals surface area (Å²) in [6, 6.07) is 5.55. The normalized spacial score (nSPS) is 10.7. The molecule has 0 heterocycles. The average molecular weight is 341 g/mol. The number of amides is 1. The summed E-state index contributed by atoms with van der Waals surface area (Å²) in [5, 5.41) is 5.85. The maximum atomic E-state index is 12.0. The van der Waals surface area contributed by atoms with Gasteiger partial charge in [-0.2, -0.15) is 13.2 Å². The van der Waals surface area contributed by atoms with Crippen LogP contribution >= 0.6 is 12.4 Å². The van der Waals surface area contributed by atoms with Crippen LogP contribution in [0, 0.1) is 0 Å². The number of nitrogens with one attached hydrogen (secondary N) is 2. The van der Waals surface area contributed by atoms with Crippen LogP contribution in [0.15, 0.2) is 24.3 Å². The van der Waals surface area contributed by atoms with Crippen LogP contribution in [0.2, 0.25) is 0 Å². The van der Waals surface area contributed by atoms with Crippen molar-refractivity contribution in [3.05, 3.63) is 29.8 Å². The Kier molecular flexibility index (Phi) is 9.60. The largest absolute Gasteiger partial charge is 0.484 e. The van der Waals surface area contributed by atoms with Crippen molar-refractivity contribution < 1.29 is 22.7 Å². The van der Waals surface area contributed by atoms with Gasteiger partial charge in [0.15, 0.2) is 6.61 Å². The molecular weight excluding hydrogens is 321 g/mol. The highest BCUT2D eigenvalue weighted by atomic mass is 35.5. The SMILES string of the molecule is CCCNCCNC(=O)c1ccc(OCC(F)(F)F)cc1.Cl. The molecule has 2 N–H and O–H groups in total. The number of alkyl halides is 3. The molecule has 0 aliphatic heterocycles. The quantitative estimate of drug-likeness (QED) is 0.715. The first kappa shape index (κ1) is 20.5. The average Bonchev–Trinajstić information content (AvgIpc) is 2.44. The second kappa shape index (κ2) is 10.3. The number of carbonyl (C=O) groups excluding carboxylic acids is 1. The fraction of sp³-hybridized carbons (Fsp3) is 0.500. The molecule has 0 aliphatic carbocycles. The number of rotatable bonds is 8. The summed E-state index contributed by atoms with van der Waals surface area (Å²) in [6.45, 7) is 2.76. The minimum atomic E-state index is -4.37. The van der Waals surface area contributed by atoms with Crippen LogP contribution in [0.1, 0.15) is 23.7 Å². The molecule has 8 heteroatoms. The molecule has 126 valence electrons. The molecule has 0 bridgehead atoms. The van der Waals surface area contributed by atoms with Crippen LogP contribution in [0.25, 0.3) is 0 Å². The lowest BCUT2D eigenvalue weighted by Crippen LogP contribution is -2.32. The molecule has 0 unspecified atom stereocenters. The van der Waals surface area contributed by atoms with Crippen LogP contribution in [0.4, 0.5) is 13.2 Å². The van der Waals surface area contributed by atoms with Gasteiger partial charge in [-0.1, -0.05) is 6.92 Å². The first-order chi connectivity index (χ1) is 9.92. The van der Waals surface area contributed by atoms with Gasteiger partial charge in [0.1, 0.15) is 5.75 Å². The van der Waals surface area contributed by atoms with Gasteiger partial charge in [-0.05, 0) is 37.2 Å². The third-order valence-electron chi connectivity index (χ3n) is 2.53. The lowest BCUT2D eigenvalue weighted by Gasteiger charge is -2.10. The predicted molar refractivity (Wildman–Crippen MR) is 80.7 cm³/mol. The molecule has 0 spiro atoms. The summed E-state index contributed by atoms with van der Waals surface area (Å²) in [6.07, 6.45) is -3.35. The molecule has 4 nitrogen and oxygen atoms in total. The first-order valence-electron chi connectivity index (χ1n) is 6.71. The molecule has 22 heavy (non-hydrogen) atoms. The molecule has 0 saturated carbocycles. The smallest absolute Gasteiger partial charge is 0.422 e. The predicted octanol–water partition coefficient (Wildman–Crippen LogP) is 2.78. The van der Waals surface area contributed by atoms with Gasteiger partial charge < -0.3 is 15.4 Å². The number of carbonyl (C=O) groups is 1. The number of hydrogen-bond donors (Lipinski definition) is 2. The van der Waals surface area contributed by atoms with Crippen molar-refractivity contribution in [2.45, 2.75) is 19.5 Å². The third-order valence-corrected chi connectivity index (χ3v) is 2.53. The van der Waals surface area contributed by atoms with Crippen molar-refractivity contribution in [3.63, 3.8) is 0 Å². The summed E-state index contributed by atoms with van der Waals surface area (Å²) in [4.78, 5) is 11.7. The summed E-state index contributed by atoms with van der Waals surface area (Å²) in [5.41, 5.74) is 0.379. The van der Waals surface area contributed by atoms with Crippen molar-refractivity contribution in [2.75, 3.05) is 26.2 Å². The van der Waals surface area contributed by atoms with E-state index in [0.29, 0.717) is 18.7 Å². The van der Waals surface area contributed by atoms with Crippen LogP contribution in [-0.2, 0) is 0 Å². The molecular formula is C14H20ClF3N2O2. The molecule has 1 amide bonds. The zero-order valence-electron chi connectivity index (χ0n) is 12.2. The molecule has 1 rings (SSSR count). The molecule has 1 aromatic carbocycles. The van der Waals surface area contributed by atoms with Crippen LogP contribution in [0.5, 0.6) is 5.75 Å². The topological polar surface area (TPSA) is 50.4 Å². The Morgan fingerprint density at radius 3 is 2.32 bits per heavy atom. The minimum Gasteiger partial charge on any atom is -0.484 e. The van der Waals surface area contributed by atoms with E-state index >= 15 is 0 Å². The molecule has 0 atom stereocenters. The highest BCUT2D eigenvalue weighted by Crippen LogP contribution is 2.18. The minimum absolute atomic E-state index is 0. The molecule has 0 aromatic heterocycles. The van der Waals surface area contributed by atoms with Crippen molar-refractivity contribution >= 4 is 18.3 Å². The summed E-state index contributed by atoms with van der Waals surface area (Å²) >= 11 is 0. The lowest BCUT2D eigenvalue weighted by atomic mass is 10.2.